The van der Waals surface area contributed by atoms with Crippen LogP contribution in [-0.2, 0) is 0 Å². The van der Waals surface area contributed by atoms with Gasteiger partial charge in [0, 0.05) is 17.8 Å². The van der Waals surface area contributed by atoms with Gasteiger partial charge in [0.2, 0.25) is 5.69 Å². The van der Waals surface area contributed by atoms with Gasteiger partial charge in [-0.05, 0) is 18.2 Å². The van der Waals surface area contributed by atoms with Crippen molar-refractivity contribution < 1.29 is 0 Å². The minimum atomic E-state index is 0.825. The van der Waals surface area contributed by atoms with Crippen molar-refractivity contribution in [3.63, 3.8) is 0 Å². The minimum Gasteiger partial charge on any atom is -0.399 e. The topological polar surface area (TPSA) is 29.0 Å². The first kappa shape index (κ1) is 11.4. The maximum atomic E-state index is 5.82. The van der Waals surface area contributed by atoms with E-state index in [0.717, 1.165) is 5.69 Å². The summed E-state index contributed by atoms with van der Waals surface area (Å²) in [7, 11) is 2.10. The van der Waals surface area contributed by atoms with E-state index in [2.05, 4.69) is 42.0 Å². The molecule has 3 rings (SSSR count). The average Bonchev–Trinajstić information content (AvgIpc) is 2.81. The fraction of sp³-hybridized carbons (Fsp3) is 0.0714. The molecule has 0 saturated carbocycles. The lowest BCUT2D eigenvalue weighted by Crippen LogP contribution is -2.14. The SMILES string of the molecule is C[N+](c1ccccc1)=c1sc2ccc(N)cc2s1. The molecule has 2 nitrogen and oxygen atoms in total. The highest BCUT2D eigenvalue weighted by atomic mass is 32.2. The summed E-state index contributed by atoms with van der Waals surface area (Å²) >= 11 is 3.58. The second kappa shape index (κ2) is 4.55. The predicted molar refractivity (Wildman–Crippen MR) is 81.4 cm³/mol. The number of para-hydroxylation sites is 1. The summed E-state index contributed by atoms with van der Waals surface area (Å²) in [5.74, 6) is 0. The van der Waals surface area contributed by atoms with E-state index in [9.17, 15) is 0 Å². The summed E-state index contributed by atoms with van der Waals surface area (Å²) in [5.41, 5.74) is 7.84. The van der Waals surface area contributed by atoms with E-state index in [1.54, 1.807) is 22.7 Å². The Bertz CT molecular complexity index is 754. The van der Waals surface area contributed by atoms with Crippen molar-refractivity contribution in [1.82, 2.24) is 4.58 Å². The molecule has 0 aliphatic carbocycles. The molecule has 3 aromatic rings. The first-order valence-corrected chi connectivity index (χ1v) is 7.28. The first-order chi connectivity index (χ1) is 8.74. The van der Waals surface area contributed by atoms with Crippen LogP contribution in [0.5, 0.6) is 0 Å². The van der Waals surface area contributed by atoms with Crippen molar-refractivity contribution in [2.75, 3.05) is 12.8 Å². The highest BCUT2D eigenvalue weighted by Crippen LogP contribution is 2.23. The fourth-order valence-corrected chi connectivity index (χ4v) is 4.27. The van der Waals surface area contributed by atoms with Crippen LogP contribution < -0.4 is 14.3 Å². The predicted octanol–water partition coefficient (Wildman–Crippen LogP) is 3.28. The Balaban J connectivity index is 2.25. The molecule has 0 amide bonds. The summed E-state index contributed by atoms with van der Waals surface area (Å²) in [6.07, 6.45) is 0. The maximum Gasteiger partial charge on any atom is 0.320 e. The second-order valence-electron chi connectivity index (χ2n) is 4.07. The summed E-state index contributed by atoms with van der Waals surface area (Å²) < 4.78 is 6.01. The Hall–Kier alpha value is -1.65. The molecular formula is C14H13N2S2+. The highest BCUT2D eigenvalue weighted by molar-refractivity contribution is 7.35. The van der Waals surface area contributed by atoms with Crippen LogP contribution in [0.15, 0.2) is 48.5 Å². The van der Waals surface area contributed by atoms with Crippen molar-refractivity contribution in [3.8, 4) is 0 Å². The van der Waals surface area contributed by atoms with Gasteiger partial charge in [-0.15, -0.1) is 0 Å². The van der Waals surface area contributed by atoms with E-state index < -0.39 is 0 Å². The average molecular weight is 273 g/mol. The number of hydrogen-bond donors (Lipinski definition) is 1. The van der Waals surface area contributed by atoms with Crippen molar-refractivity contribution in [3.05, 3.63) is 52.5 Å². The van der Waals surface area contributed by atoms with Crippen LogP contribution in [0.25, 0.3) is 9.40 Å². The van der Waals surface area contributed by atoms with Gasteiger partial charge in [0.1, 0.15) is 7.05 Å². The van der Waals surface area contributed by atoms with Gasteiger partial charge in [-0.2, -0.15) is 4.58 Å². The molecule has 0 bridgehead atoms. The number of fused-ring (bicyclic) bond motifs is 1. The number of nitrogens with zero attached hydrogens (tertiary/aromatic N) is 1. The molecule has 1 aromatic heterocycles. The van der Waals surface area contributed by atoms with Gasteiger partial charge in [-0.25, -0.2) is 0 Å². The van der Waals surface area contributed by atoms with Crippen LogP contribution in [0.1, 0.15) is 0 Å². The van der Waals surface area contributed by atoms with Gasteiger partial charge in [0.05, 0.1) is 9.40 Å². The zero-order valence-electron chi connectivity index (χ0n) is 9.96. The van der Waals surface area contributed by atoms with Crippen LogP contribution in [-0.4, -0.2) is 7.05 Å². The van der Waals surface area contributed by atoms with E-state index in [0.29, 0.717) is 0 Å². The second-order valence-corrected chi connectivity index (χ2v) is 6.39. The van der Waals surface area contributed by atoms with Crippen LogP contribution in [0.2, 0.25) is 0 Å². The van der Waals surface area contributed by atoms with Crippen molar-refractivity contribution in [1.29, 1.82) is 0 Å². The lowest BCUT2D eigenvalue weighted by Gasteiger charge is -1.91. The molecule has 0 fully saturated rings. The molecule has 0 saturated heterocycles. The Morgan fingerprint density at radius 1 is 0.944 bits per heavy atom. The lowest BCUT2D eigenvalue weighted by atomic mass is 10.3. The number of nitrogen functional groups attached to an aromatic ring is 1. The molecule has 90 valence electrons. The molecule has 2 aromatic carbocycles. The molecule has 0 unspecified atom stereocenters. The number of anilines is 1. The Morgan fingerprint density at radius 3 is 2.44 bits per heavy atom. The summed E-state index contributed by atoms with van der Waals surface area (Å²) in [5, 5.41) is 0. The van der Waals surface area contributed by atoms with Gasteiger partial charge >= 0.3 is 3.98 Å². The van der Waals surface area contributed by atoms with Gasteiger partial charge in [-0.3, -0.25) is 0 Å². The summed E-state index contributed by atoms with van der Waals surface area (Å²) in [6.45, 7) is 0. The third-order valence-corrected chi connectivity index (χ3v) is 5.44. The molecule has 18 heavy (non-hydrogen) atoms. The van der Waals surface area contributed by atoms with Crippen LogP contribution >= 0.6 is 22.7 Å². The van der Waals surface area contributed by atoms with E-state index in [-0.39, 0.29) is 0 Å². The van der Waals surface area contributed by atoms with Crippen LogP contribution in [0.4, 0.5) is 11.4 Å². The molecule has 0 aliphatic rings. The van der Waals surface area contributed by atoms with E-state index >= 15 is 0 Å². The molecule has 4 heteroatoms. The smallest absolute Gasteiger partial charge is 0.320 e. The number of nitrogens with two attached hydrogens (primary N) is 1. The molecule has 0 atom stereocenters. The standard InChI is InChI=1S/C14H13N2S2/c1-16(11-5-3-2-4-6-11)14-17-12-8-7-10(15)9-13(12)18-14/h2-9H,15H2,1H3/q+1. The zero-order chi connectivity index (χ0) is 12.5. The largest absolute Gasteiger partial charge is 0.399 e. The van der Waals surface area contributed by atoms with Crippen LogP contribution in [0, 0.1) is 0 Å². The number of benzene rings is 2. The zero-order valence-corrected chi connectivity index (χ0v) is 11.6. The van der Waals surface area contributed by atoms with E-state index in [1.165, 1.54) is 19.1 Å². The molecule has 0 aliphatic heterocycles. The number of rotatable bonds is 1. The van der Waals surface area contributed by atoms with Crippen LogP contribution in [0.3, 0.4) is 0 Å². The third-order valence-electron chi connectivity index (χ3n) is 2.78. The van der Waals surface area contributed by atoms with Gasteiger partial charge in [0.15, 0.2) is 0 Å². The fourth-order valence-electron chi connectivity index (χ4n) is 1.79. The van der Waals surface area contributed by atoms with Crippen molar-refractivity contribution in [2.45, 2.75) is 0 Å². The quantitative estimate of drug-likeness (QED) is 0.535. The number of hydrogen-bond acceptors (Lipinski definition) is 3. The summed E-state index contributed by atoms with van der Waals surface area (Å²) in [6, 6.07) is 16.5. The van der Waals surface area contributed by atoms with Gasteiger partial charge in [-0.1, -0.05) is 40.9 Å². The molecule has 0 radical (unpaired) electrons. The van der Waals surface area contributed by atoms with Gasteiger partial charge in [0.25, 0.3) is 0 Å². The molecular weight excluding hydrogens is 260 g/mol. The Kier molecular flexibility index (Phi) is 2.89. The van der Waals surface area contributed by atoms with Crippen molar-refractivity contribution >= 4 is 43.4 Å². The first-order valence-electron chi connectivity index (χ1n) is 5.65. The van der Waals surface area contributed by atoms with Crippen molar-refractivity contribution in [2.24, 2.45) is 0 Å². The van der Waals surface area contributed by atoms with Gasteiger partial charge < -0.3 is 5.73 Å². The monoisotopic (exact) mass is 273 g/mol. The Labute approximate surface area is 113 Å². The minimum absolute atomic E-state index is 0.825. The highest BCUT2D eigenvalue weighted by Gasteiger charge is 2.08. The normalized spacial score (nSPS) is 12.7. The molecule has 0 spiro atoms. The maximum absolute atomic E-state index is 5.82. The van der Waals surface area contributed by atoms with E-state index in [4.69, 9.17) is 5.73 Å². The Morgan fingerprint density at radius 2 is 1.67 bits per heavy atom. The molecule has 2 N–H and O–H groups in total. The van der Waals surface area contributed by atoms with E-state index in [1.807, 2.05) is 18.2 Å². The third kappa shape index (κ3) is 2.05. The summed E-state index contributed by atoms with van der Waals surface area (Å²) in [4.78, 5) is 0. The lowest BCUT2D eigenvalue weighted by molar-refractivity contribution is 0.931. The molecule has 1 heterocycles.